The predicted molar refractivity (Wildman–Crippen MR) is 78.4 cm³/mol. The molecule has 1 aromatic heterocycles. The van der Waals surface area contributed by atoms with Gasteiger partial charge in [-0.05, 0) is 45.6 Å². The Labute approximate surface area is 126 Å². The van der Waals surface area contributed by atoms with Gasteiger partial charge in [-0.15, -0.1) is 11.3 Å². The summed E-state index contributed by atoms with van der Waals surface area (Å²) in [6.07, 6.45) is 0. The number of benzene rings is 1. The van der Waals surface area contributed by atoms with Gasteiger partial charge in [0.2, 0.25) is 0 Å². The molecule has 0 aliphatic carbocycles. The van der Waals surface area contributed by atoms with Crippen LogP contribution in [0.15, 0.2) is 34.1 Å². The van der Waals surface area contributed by atoms with Crippen molar-refractivity contribution >= 4 is 56.4 Å². The Bertz CT molecular complexity index is 656. The van der Waals surface area contributed by atoms with Crippen molar-refractivity contribution in [3.8, 4) is 0 Å². The van der Waals surface area contributed by atoms with Gasteiger partial charge in [0.15, 0.2) is 0 Å². The molecule has 2 N–H and O–H groups in total. The van der Waals surface area contributed by atoms with E-state index in [0.717, 1.165) is 0 Å². The summed E-state index contributed by atoms with van der Waals surface area (Å²) in [5, 5.41) is 13.7. The van der Waals surface area contributed by atoms with Gasteiger partial charge in [-0.1, -0.05) is 11.6 Å². The lowest BCUT2D eigenvalue weighted by atomic mass is 10.2. The fourth-order valence-electron chi connectivity index (χ4n) is 1.44. The summed E-state index contributed by atoms with van der Waals surface area (Å²) in [6, 6.07) is 6.03. The monoisotopic (exact) mass is 359 g/mol. The van der Waals surface area contributed by atoms with Crippen LogP contribution in [0, 0.1) is 0 Å². The lowest BCUT2D eigenvalue weighted by Gasteiger charge is -2.08. The first-order chi connectivity index (χ1) is 8.99. The third kappa shape index (κ3) is 3.15. The topological polar surface area (TPSA) is 66.4 Å². The third-order valence-corrected chi connectivity index (χ3v) is 4.36. The summed E-state index contributed by atoms with van der Waals surface area (Å²) < 4.78 is 0.667. The zero-order valence-electron chi connectivity index (χ0n) is 9.31. The molecule has 19 heavy (non-hydrogen) atoms. The van der Waals surface area contributed by atoms with Crippen molar-refractivity contribution in [3.05, 3.63) is 49.6 Å². The Hall–Kier alpha value is -1.37. The Morgan fingerprint density at radius 2 is 2.05 bits per heavy atom. The van der Waals surface area contributed by atoms with Crippen LogP contribution in [0.1, 0.15) is 20.0 Å². The van der Waals surface area contributed by atoms with Crippen molar-refractivity contribution in [3.63, 3.8) is 0 Å². The minimum Gasteiger partial charge on any atom is -0.478 e. The molecule has 2 aromatic rings. The van der Waals surface area contributed by atoms with Crippen LogP contribution >= 0.6 is 38.9 Å². The van der Waals surface area contributed by atoms with E-state index in [2.05, 4.69) is 21.2 Å². The first-order valence-electron chi connectivity index (χ1n) is 5.06. The highest BCUT2D eigenvalue weighted by Gasteiger charge is 2.16. The summed E-state index contributed by atoms with van der Waals surface area (Å²) >= 11 is 10.3. The zero-order valence-corrected chi connectivity index (χ0v) is 12.5. The average molecular weight is 361 g/mol. The molecule has 0 bridgehead atoms. The van der Waals surface area contributed by atoms with E-state index in [0.29, 0.717) is 14.4 Å². The second-order valence-electron chi connectivity index (χ2n) is 3.55. The molecule has 0 aliphatic rings. The number of carbonyl (C=O) groups is 2. The normalized spacial score (nSPS) is 10.2. The highest BCUT2D eigenvalue weighted by molar-refractivity contribution is 9.10. The number of amides is 1. The van der Waals surface area contributed by atoms with Gasteiger partial charge in [0.25, 0.3) is 5.91 Å². The molecule has 0 spiro atoms. The molecule has 0 aliphatic heterocycles. The van der Waals surface area contributed by atoms with Crippen LogP contribution in [0.3, 0.4) is 0 Å². The van der Waals surface area contributed by atoms with Crippen molar-refractivity contribution in [2.45, 2.75) is 0 Å². The van der Waals surface area contributed by atoms with Gasteiger partial charge < -0.3 is 10.4 Å². The molecule has 4 nitrogen and oxygen atoms in total. The molecule has 1 aromatic carbocycles. The van der Waals surface area contributed by atoms with Crippen molar-refractivity contribution < 1.29 is 14.7 Å². The van der Waals surface area contributed by atoms with E-state index in [9.17, 15) is 9.59 Å². The van der Waals surface area contributed by atoms with Gasteiger partial charge >= 0.3 is 5.97 Å². The molecule has 0 saturated heterocycles. The lowest BCUT2D eigenvalue weighted by Crippen LogP contribution is -2.14. The van der Waals surface area contributed by atoms with E-state index in [4.69, 9.17) is 16.7 Å². The van der Waals surface area contributed by atoms with Gasteiger partial charge in [-0.25, -0.2) is 4.79 Å². The third-order valence-electron chi connectivity index (χ3n) is 2.28. The summed E-state index contributed by atoms with van der Waals surface area (Å²) in [7, 11) is 0. The summed E-state index contributed by atoms with van der Waals surface area (Å²) in [5.74, 6) is -1.52. The van der Waals surface area contributed by atoms with Crippen LogP contribution in [0.25, 0.3) is 0 Å². The molecule has 0 atom stereocenters. The molecule has 0 radical (unpaired) electrons. The smallest absolute Gasteiger partial charge is 0.337 e. The van der Waals surface area contributed by atoms with Crippen LogP contribution in [0.2, 0.25) is 5.02 Å². The summed E-state index contributed by atoms with van der Waals surface area (Å²) in [5.41, 5.74) is 0.163. The highest BCUT2D eigenvalue weighted by atomic mass is 79.9. The van der Waals surface area contributed by atoms with Crippen LogP contribution in [0.5, 0.6) is 0 Å². The number of aromatic carboxylic acids is 1. The number of carboxylic acid groups (broad SMARTS) is 1. The van der Waals surface area contributed by atoms with E-state index in [1.54, 1.807) is 11.4 Å². The van der Waals surface area contributed by atoms with Gasteiger partial charge in [0.05, 0.1) is 11.3 Å². The minimum absolute atomic E-state index is 0.0477. The Kier molecular flexibility index (Phi) is 4.24. The number of halogens is 2. The largest absolute Gasteiger partial charge is 0.478 e. The van der Waals surface area contributed by atoms with E-state index >= 15 is 0 Å². The molecular formula is C12H7BrClNO3S. The molecular weight excluding hydrogens is 354 g/mol. The molecule has 7 heteroatoms. The number of thiophene rings is 1. The highest BCUT2D eigenvalue weighted by Crippen LogP contribution is 2.26. The van der Waals surface area contributed by atoms with E-state index in [-0.39, 0.29) is 17.2 Å². The number of carboxylic acids is 1. The molecule has 1 amide bonds. The zero-order chi connectivity index (χ0) is 14.0. The average Bonchev–Trinajstić information content (AvgIpc) is 2.77. The maximum absolute atomic E-state index is 12.0. The molecule has 1 heterocycles. The molecule has 0 unspecified atom stereocenters. The Morgan fingerprint density at radius 1 is 1.32 bits per heavy atom. The number of anilines is 1. The maximum Gasteiger partial charge on any atom is 0.337 e. The number of carbonyl (C=O) groups excluding carboxylic acids is 1. The van der Waals surface area contributed by atoms with Gasteiger partial charge in [-0.2, -0.15) is 0 Å². The SMILES string of the molecule is O=C(O)c1cc(Cl)ccc1NC(=O)c1sccc1Br. The van der Waals surface area contributed by atoms with E-state index in [1.807, 2.05) is 0 Å². The fourth-order valence-corrected chi connectivity index (χ4v) is 3.06. The number of rotatable bonds is 3. The van der Waals surface area contributed by atoms with Crippen LogP contribution in [-0.4, -0.2) is 17.0 Å². The Morgan fingerprint density at radius 3 is 2.63 bits per heavy atom. The van der Waals surface area contributed by atoms with Crippen LogP contribution < -0.4 is 5.32 Å². The molecule has 0 fully saturated rings. The molecule has 2 rings (SSSR count). The Balaban J connectivity index is 2.32. The van der Waals surface area contributed by atoms with Crippen LogP contribution in [0.4, 0.5) is 5.69 Å². The lowest BCUT2D eigenvalue weighted by molar-refractivity contribution is 0.0698. The maximum atomic E-state index is 12.0. The quantitative estimate of drug-likeness (QED) is 0.865. The second-order valence-corrected chi connectivity index (χ2v) is 5.75. The van der Waals surface area contributed by atoms with Gasteiger partial charge in [-0.3, -0.25) is 4.79 Å². The van der Waals surface area contributed by atoms with Gasteiger partial charge in [0.1, 0.15) is 4.88 Å². The second kappa shape index (κ2) is 5.73. The fraction of sp³-hybridized carbons (Fsp3) is 0. The first-order valence-corrected chi connectivity index (χ1v) is 7.11. The first kappa shape index (κ1) is 14.0. The standard InChI is InChI=1S/C12H7BrClNO3S/c13-8-3-4-19-10(8)11(16)15-9-2-1-6(14)5-7(9)12(17)18/h1-5H,(H,15,16)(H,17,18). The summed E-state index contributed by atoms with van der Waals surface area (Å²) in [4.78, 5) is 23.6. The summed E-state index contributed by atoms with van der Waals surface area (Å²) in [6.45, 7) is 0. The molecule has 0 saturated carbocycles. The van der Waals surface area contributed by atoms with Crippen LogP contribution in [-0.2, 0) is 0 Å². The van der Waals surface area contributed by atoms with Crippen molar-refractivity contribution in [1.82, 2.24) is 0 Å². The molecule has 98 valence electrons. The van der Waals surface area contributed by atoms with Crippen molar-refractivity contribution in [1.29, 1.82) is 0 Å². The predicted octanol–water partition coefficient (Wildman–Crippen LogP) is 4.11. The number of nitrogens with one attached hydrogen (secondary N) is 1. The van der Waals surface area contributed by atoms with E-state index < -0.39 is 5.97 Å². The van der Waals surface area contributed by atoms with Crippen molar-refractivity contribution in [2.24, 2.45) is 0 Å². The number of hydrogen-bond acceptors (Lipinski definition) is 3. The van der Waals surface area contributed by atoms with Crippen molar-refractivity contribution in [2.75, 3.05) is 5.32 Å². The van der Waals surface area contributed by atoms with E-state index in [1.165, 1.54) is 29.5 Å². The number of hydrogen-bond donors (Lipinski definition) is 2. The van der Waals surface area contributed by atoms with Gasteiger partial charge in [0, 0.05) is 9.50 Å². The minimum atomic E-state index is -1.15.